The van der Waals surface area contributed by atoms with Gasteiger partial charge in [0.2, 0.25) is 0 Å². The predicted octanol–water partition coefficient (Wildman–Crippen LogP) is 6.61. The monoisotopic (exact) mass is 331 g/mol. The summed E-state index contributed by atoms with van der Waals surface area (Å²) in [5, 5.41) is 4.02. The highest BCUT2D eigenvalue weighted by atomic mass is 15.0. The van der Waals surface area contributed by atoms with Crippen LogP contribution >= 0.6 is 0 Å². The van der Waals surface area contributed by atoms with E-state index in [9.17, 15) is 0 Å². The molecule has 3 atom stereocenters. The maximum Gasteiger partial charge on any atom is 0.0378 e. The highest BCUT2D eigenvalue weighted by molar-refractivity contribution is 5.70. The maximum absolute atomic E-state index is 4.02. The van der Waals surface area contributed by atoms with E-state index >= 15 is 0 Å². The van der Waals surface area contributed by atoms with Crippen molar-refractivity contribution in [3.05, 3.63) is 54.1 Å². The Morgan fingerprint density at radius 1 is 0.720 bits per heavy atom. The minimum absolute atomic E-state index is 0.725. The second kappa shape index (κ2) is 6.52. The van der Waals surface area contributed by atoms with Gasteiger partial charge in [-0.3, -0.25) is 0 Å². The molecule has 2 aliphatic carbocycles. The summed E-state index contributed by atoms with van der Waals surface area (Å²) >= 11 is 0. The predicted molar refractivity (Wildman–Crippen MR) is 106 cm³/mol. The molecule has 2 aromatic carbocycles. The number of rotatable bonds is 2. The van der Waals surface area contributed by atoms with Gasteiger partial charge in [-0.15, -0.1) is 0 Å². The van der Waals surface area contributed by atoms with E-state index in [4.69, 9.17) is 0 Å². The summed E-state index contributed by atoms with van der Waals surface area (Å²) in [6.45, 7) is 0. The third kappa shape index (κ3) is 2.78. The first kappa shape index (κ1) is 15.5. The minimum atomic E-state index is 0.725. The van der Waals surface area contributed by atoms with Crippen LogP contribution in [0.5, 0.6) is 0 Å². The fraction of sp³-hybridized carbons (Fsp3) is 0.500. The van der Waals surface area contributed by atoms with E-state index < -0.39 is 0 Å². The van der Waals surface area contributed by atoms with Gasteiger partial charge in [-0.1, -0.05) is 62.1 Å². The molecule has 0 spiro atoms. The highest BCUT2D eigenvalue weighted by Gasteiger charge is 2.42. The Hall–Kier alpha value is -1.76. The van der Waals surface area contributed by atoms with Gasteiger partial charge in [0, 0.05) is 11.7 Å². The highest BCUT2D eigenvalue weighted by Crippen LogP contribution is 2.51. The van der Waals surface area contributed by atoms with Crippen molar-refractivity contribution in [2.24, 2.45) is 11.8 Å². The van der Waals surface area contributed by atoms with E-state index in [-0.39, 0.29) is 0 Å². The minimum Gasteiger partial charge on any atom is -0.382 e. The molecule has 5 rings (SSSR count). The zero-order valence-electron chi connectivity index (χ0n) is 15.1. The van der Waals surface area contributed by atoms with Crippen LogP contribution in [-0.2, 0) is 0 Å². The van der Waals surface area contributed by atoms with Crippen LogP contribution in [0.2, 0.25) is 0 Å². The van der Waals surface area contributed by atoms with Gasteiger partial charge in [-0.2, -0.15) is 0 Å². The molecule has 3 aliphatic rings. The molecule has 0 bridgehead atoms. The zero-order chi connectivity index (χ0) is 16.6. The average molecular weight is 332 g/mol. The van der Waals surface area contributed by atoms with Crippen molar-refractivity contribution in [1.82, 2.24) is 0 Å². The fourth-order valence-corrected chi connectivity index (χ4v) is 5.86. The molecule has 0 saturated heterocycles. The molecule has 1 nitrogen and oxygen atoms in total. The molecular formula is C24H29N. The molecule has 1 aliphatic heterocycles. The third-order valence-corrected chi connectivity index (χ3v) is 7.07. The molecule has 0 amide bonds. The van der Waals surface area contributed by atoms with Crippen LogP contribution < -0.4 is 5.32 Å². The SMILES string of the molecule is c1ccc(-c2ccc3c(c2)C2CCCC2C(C2CCCCC2)N3)cc1. The summed E-state index contributed by atoms with van der Waals surface area (Å²) in [4.78, 5) is 0. The Kier molecular flexibility index (Phi) is 4.04. The van der Waals surface area contributed by atoms with Crippen molar-refractivity contribution in [2.45, 2.75) is 63.3 Å². The largest absolute Gasteiger partial charge is 0.382 e. The average Bonchev–Trinajstić information content (AvgIpc) is 3.18. The summed E-state index contributed by atoms with van der Waals surface area (Å²) < 4.78 is 0. The normalized spacial score (nSPS) is 28.9. The van der Waals surface area contributed by atoms with Crippen LogP contribution in [0.1, 0.15) is 62.8 Å². The lowest BCUT2D eigenvalue weighted by atomic mass is 9.71. The van der Waals surface area contributed by atoms with Crippen LogP contribution in [0.15, 0.2) is 48.5 Å². The van der Waals surface area contributed by atoms with E-state index in [0.717, 1.165) is 23.8 Å². The molecule has 1 heteroatoms. The lowest BCUT2D eigenvalue weighted by Gasteiger charge is -2.43. The van der Waals surface area contributed by atoms with Crippen LogP contribution in [-0.4, -0.2) is 6.04 Å². The van der Waals surface area contributed by atoms with Crippen molar-refractivity contribution in [1.29, 1.82) is 0 Å². The molecule has 130 valence electrons. The Balaban J connectivity index is 1.50. The summed E-state index contributed by atoms with van der Waals surface area (Å²) in [6, 6.07) is 18.7. The van der Waals surface area contributed by atoms with Gasteiger partial charge in [-0.25, -0.2) is 0 Å². The summed E-state index contributed by atoms with van der Waals surface area (Å²) in [5.74, 6) is 2.55. The molecule has 2 fully saturated rings. The maximum atomic E-state index is 4.02. The molecule has 0 aromatic heterocycles. The molecular weight excluding hydrogens is 302 g/mol. The van der Waals surface area contributed by atoms with Crippen molar-refractivity contribution in [3.63, 3.8) is 0 Å². The van der Waals surface area contributed by atoms with Crippen molar-refractivity contribution in [2.75, 3.05) is 5.32 Å². The van der Waals surface area contributed by atoms with Gasteiger partial charge in [0.25, 0.3) is 0 Å². The van der Waals surface area contributed by atoms with E-state index in [1.807, 2.05) is 0 Å². The third-order valence-electron chi connectivity index (χ3n) is 7.07. The molecule has 0 radical (unpaired) electrons. The summed E-state index contributed by atoms with van der Waals surface area (Å²) in [5.41, 5.74) is 5.74. The molecule has 2 aromatic rings. The quantitative estimate of drug-likeness (QED) is 0.652. The molecule has 1 heterocycles. The topological polar surface area (TPSA) is 12.0 Å². The van der Waals surface area contributed by atoms with Crippen LogP contribution in [0.4, 0.5) is 5.69 Å². The number of fused-ring (bicyclic) bond motifs is 3. The lowest BCUT2D eigenvalue weighted by Crippen LogP contribution is -2.42. The first-order chi connectivity index (χ1) is 12.4. The number of hydrogen-bond donors (Lipinski definition) is 1. The Bertz CT molecular complexity index is 729. The van der Waals surface area contributed by atoms with Crippen molar-refractivity contribution in [3.8, 4) is 11.1 Å². The van der Waals surface area contributed by atoms with Crippen molar-refractivity contribution < 1.29 is 0 Å². The van der Waals surface area contributed by atoms with Crippen molar-refractivity contribution >= 4 is 5.69 Å². The molecule has 1 N–H and O–H groups in total. The van der Waals surface area contributed by atoms with Gasteiger partial charge in [0.15, 0.2) is 0 Å². The number of nitrogens with one attached hydrogen (secondary N) is 1. The van der Waals surface area contributed by atoms with Crippen LogP contribution in [0.3, 0.4) is 0 Å². The molecule has 3 unspecified atom stereocenters. The lowest BCUT2D eigenvalue weighted by molar-refractivity contribution is 0.242. The van der Waals surface area contributed by atoms with Gasteiger partial charge in [0.05, 0.1) is 0 Å². The molecule has 2 saturated carbocycles. The standard InChI is InChI=1S/C24H29N/c1-3-8-17(9-4-1)19-14-15-23-22(16-19)20-12-7-13-21(20)24(25-23)18-10-5-2-6-11-18/h1,3-4,8-9,14-16,18,20-21,24-25H,2,5-7,10-13H2. The van der Waals surface area contributed by atoms with E-state index in [1.165, 1.54) is 68.2 Å². The van der Waals surface area contributed by atoms with Gasteiger partial charge in [0.1, 0.15) is 0 Å². The number of benzene rings is 2. The van der Waals surface area contributed by atoms with E-state index in [1.54, 1.807) is 5.56 Å². The van der Waals surface area contributed by atoms with Crippen LogP contribution in [0, 0.1) is 11.8 Å². The van der Waals surface area contributed by atoms with E-state index in [2.05, 4.69) is 53.8 Å². The smallest absolute Gasteiger partial charge is 0.0378 e. The first-order valence-electron chi connectivity index (χ1n) is 10.4. The second-order valence-electron chi connectivity index (χ2n) is 8.44. The Morgan fingerprint density at radius 3 is 2.40 bits per heavy atom. The number of anilines is 1. The first-order valence-corrected chi connectivity index (χ1v) is 10.4. The Labute approximate surface area is 151 Å². The van der Waals surface area contributed by atoms with Crippen LogP contribution in [0.25, 0.3) is 11.1 Å². The fourth-order valence-electron chi connectivity index (χ4n) is 5.86. The molecule has 25 heavy (non-hydrogen) atoms. The van der Waals surface area contributed by atoms with Gasteiger partial charge < -0.3 is 5.32 Å². The van der Waals surface area contributed by atoms with E-state index in [0.29, 0.717) is 0 Å². The second-order valence-corrected chi connectivity index (χ2v) is 8.44. The summed E-state index contributed by atoms with van der Waals surface area (Å²) in [7, 11) is 0. The van der Waals surface area contributed by atoms with Gasteiger partial charge in [-0.05, 0) is 72.3 Å². The van der Waals surface area contributed by atoms with Gasteiger partial charge >= 0.3 is 0 Å². The number of hydrogen-bond acceptors (Lipinski definition) is 1. The Morgan fingerprint density at radius 2 is 1.56 bits per heavy atom. The zero-order valence-corrected chi connectivity index (χ0v) is 15.1. The summed E-state index contributed by atoms with van der Waals surface area (Å²) in [6.07, 6.45) is 11.5.